The smallest absolute Gasteiger partial charge is 0.306 e. The summed E-state index contributed by atoms with van der Waals surface area (Å²) in [6.07, 6.45) is 84.0. The van der Waals surface area contributed by atoms with Crippen LogP contribution in [0.15, 0.2) is 97.2 Å². The van der Waals surface area contributed by atoms with Crippen LogP contribution in [-0.4, -0.2) is 37.2 Å². The molecule has 0 saturated carbocycles. The van der Waals surface area contributed by atoms with Crippen molar-refractivity contribution in [2.75, 3.05) is 13.2 Å². The van der Waals surface area contributed by atoms with Crippen molar-refractivity contribution in [3.05, 3.63) is 97.2 Å². The first-order chi connectivity index (χ1) is 37.0. The van der Waals surface area contributed by atoms with Gasteiger partial charge in [-0.1, -0.05) is 279 Å². The van der Waals surface area contributed by atoms with E-state index in [1.807, 2.05) is 0 Å². The van der Waals surface area contributed by atoms with Crippen molar-refractivity contribution in [1.82, 2.24) is 0 Å². The molecule has 1 unspecified atom stereocenters. The molecule has 0 aliphatic carbocycles. The van der Waals surface area contributed by atoms with Crippen molar-refractivity contribution in [3.63, 3.8) is 0 Å². The maximum absolute atomic E-state index is 12.9. The van der Waals surface area contributed by atoms with Crippen LogP contribution >= 0.6 is 0 Å². The van der Waals surface area contributed by atoms with E-state index in [1.54, 1.807) is 0 Å². The monoisotopic (exact) mass is 1040 g/mol. The maximum Gasteiger partial charge on any atom is 0.306 e. The molecule has 0 bridgehead atoms. The zero-order valence-electron chi connectivity index (χ0n) is 49.3. The van der Waals surface area contributed by atoms with Gasteiger partial charge >= 0.3 is 17.9 Å². The van der Waals surface area contributed by atoms with Crippen molar-refractivity contribution in [2.45, 2.75) is 309 Å². The number of hydrogen-bond donors (Lipinski definition) is 0. The van der Waals surface area contributed by atoms with Crippen LogP contribution in [0.2, 0.25) is 0 Å². The Kier molecular flexibility index (Phi) is 59.8. The Morgan fingerprint density at radius 3 is 0.840 bits per heavy atom. The molecule has 0 aromatic rings. The van der Waals surface area contributed by atoms with Gasteiger partial charge in [0, 0.05) is 19.3 Å². The first kappa shape index (κ1) is 71.3. The zero-order chi connectivity index (χ0) is 54.3. The summed E-state index contributed by atoms with van der Waals surface area (Å²) in [7, 11) is 0. The van der Waals surface area contributed by atoms with Crippen LogP contribution in [0, 0.1) is 0 Å². The van der Waals surface area contributed by atoms with Gasteiger partial charge in [-0.2, -0.15) is 0 Å². The highest BCUT2D eigenvalue weighted by Crippen LogP contribution is 2.16. The van der Waals surface area contributed by atoms with E-state index in [0.29, 0.717) is 19.3 Å². The van der Waals surface area contributed by atoms with E-state index in [2.05, 4.69) is 118 Å². The molecule has 0 rings (SSSR count). The molecule has 430 valence electrons. The highest BCUT2D eigenvalue weighted by atomic mass is 16.6. The predicted molar refractivity (Wildman–Crippen MR) is 325 cm³/mol. The highest BCUT2D eigenvalue weighted by molar-refractivity contribution is 5.71. The third kappa shape index (κ3) is 61.1. The molecular formula is C69H118O6. The van der Waals surface area contributed by atoms with Gasteiger partial charge in [-0.05, 0) is 103 Å². The van der Waals surface area contributed by atoms with E-state index >= 15 is 0 Å². The second kappa shape index (κ2) is 62.9. The largest absolute Gasteiger partial charge is 0.462 e. The lowest BCUT2D eigenvalue weighted by Crippen LogP contribution is -2.30. The first-order valence-electron chi connectivity index (χ1n) is 31.7. The molecule has 0 radical (unpaired) electrons. The second-order valence-electron chi connectivity index (χ2n) is 20.9. The van der Waals surface area contributed by atoms with Crippen molar-refractivity contribution in [2.24, 2.45) is 0 Å². The lowest BCUT2D eigenvalue weighted by atomic mass is 10.0. The van der Waals surface area contributed by atoms with Gasteiger partial charge in [-0.25, -0.2) is 0 Å². The molecule has 0 spiro atoms. The average Bonchev–Trinajstić information content (AvgIpc) is 3.41. The molecule has 0 aromatic carbocycles. The van der Waals surface area contributed by atoms with Crippen LogP contribution in [0.1, 0.15) is 303 Å². The van der Waals surface area contributed by atoms with Gasteiger partial charge in [0.2, 0.25) is 0 Å². The number of esters is 3. The zero-order valence-corrected chi connectivity index (χ0v) is 49.3. The summed E-state index contributed by atoms with van der Waals surface area (Å²) < 4.78 is 16.9. The van der Waals surface area contributed by atoms with E-state index < -0.39 is 6.10 Å². The summed E-state index contributed by atoms with van der Waals surface area (Å²) in [6.45, 7) is 6.50. The molecule has 1 atom stereocenters. The summed E-state index contributed by atoms with van der Waals surface area (Å²) in [5.74, 6) is -0.910. The second-order valence-corrected chi connectivity index (χ2v) is 20.9. The summed E-state index contributed by atoms with van der Waals surface area (Å²) in [4.78, 5) is 38.3. The highest BCUT2D eigenvalue weighted by Gasteiger charge is 2.19. The van der Waals surface area contributed by atoms with Crippen LogP contribution in [0.4, 0.5) is 0 Å². The fraction of sp³-hybridized carbons (Fsp3) is 0.725. The number of allylic oxidation sites excluding steroid dienone is 16. The minimum atomic E-state index is -0.793. The van der Waals surface area contributed by atoms with Gasteiger partial charge < -0.3 is 14.2 Å². The number of carbonyl (C=O) groups is 3. The van der Waals surface area contributed by atoms with Crippen LogP contribution < -0.4 is 0 Å². The molecular weight excluding hydrogens is 925 g/mol. The molecule has 0 heterocycles. The van der Waals surface area contributed by atoms with Gasteiger partial charge in [0.15, 0.2) is 6.10 Å². The number of rotatable bonds is 57. The molecule has 0 aliphatic heterocycles. The third-order valence-corrected chi connectivity index (χ3v) is 13.6. The number of unbranched alkanes of at least 4 members (excludes halogenated alkanes) is 30. The van der Waals surface area contributed by atoms with Gasteiger partial charge in [-0.15, -0.1) is 0 Å². The van der Waals surface area contributed by atoms with Crippen LogP contribution in [0.3, 0.4) is 0 Å². The molecule has 0 saturated heterocycles. The fourth-order valence-electron chi connectivity index (χ4n) is 8.83. The van der Waals surface area contributed by atoms with E-state index in [-0.39, 0.29) is 31.1 Å². The molecule has 6 nitrogen and oxygen atoms in total. The van der Waals surface area contributed by atoms with Crippen LogP contribution in [-0.2, 0) is 28.6 Å². The number of hydrogen-bond acceptors (Lipinski definition) is 6. The average molecular weight is 1040 g/mol. The van der Waals surface area contributed by atoms with Gasteiger partial charge in [0.25, 0.3) is 0 Å². The lowest BCUT2D eigenvalue weighted by molar-refractivity contribution is -0.167. The number of carbonyl (C=O) groups excluding carboxylic acids is 3. The Balaban J connectivity index is 4.43. The van der Waals surface area contributed by atoms with Crippen molar-refractivity contribution in [1.29, 1.82) is 0 Å². The molecule has 6 heteroatoms. The Hall–Kier alpha value is -3.67. The standard InChI is InChI=1S/C69H118O6/c1-4-7-10-13-16-19-22-25-28-31-32-33-34-35-36-39-41-44-47-50-53-56-59-62-68(71)74-65-66(75-69(72)63-60-57-54-51-48-45-42-38-30-27-24-21-18-15-12-9-6-3)64-73-67(70)61-58-55-52-49-46-43-40-37-29-26-23-20-17-14-11-8-5-2/h7,10,16,18-19,21,25,27-28,30,32-33,35-36,41,44,66H,4-6,8-9,11-15,17,20,22-24,26,29,31,34,37-40,42-43,45-65H2,1-3H3/b10-7-,19-16-,21-18-,28-25-,30-27-,33-32-,36-35-,44-41-. The van der Waals surface area contributed by atoms with Crippen molar-refractivity contribution < 1.29 is 28.6 Å². The summed E-state index contributed by atoms with van der Waals surface area (Å²) in [5.41, 5.74) is 0. The quantitative estimate of drug-likeness (QED) is 0.0261. The first-order valence-corrected chi connectivity index (χ1v) is 31.7. The fourth-order valence-corrected chi connectivity index (χ4v) is 8.83. The lowest BCUT2D eigenvalue weighted by Gasteiger charge is -2.18. The van der Waals surface area contributed by atoms with E-state index in [1.165, 1.54) is 141 Å². The van der Waals surface area contributed by atoms with Crippen LogP contribution in [0.5, 0.6) is 0 Å². The van der Waals surface area contributed by atoms with E-state index in [0.717, 1.165) is 122 Å². The molecule has 0 fully saturated rings. The van der Waals surface area contributed by atoms with Crippen molar-refractivity contribution >= 4 is 17.9 Å². The third-order valence-electron chi connectivity index (χ3n) is 13.6. The molecule has 0 aromatic heterocycles. The Labute approximate surface area is 464 Å². The van der Waals surface area contributed by atoms with Crippen LogP contribution in [0.25, 0.3) is 0 Å². The summed E-state index contributed by atoms with van der Waals surface area (Å²) >= 11 is 0. The SMILES string of the molecule is CC/C=C\C/C=C\C/C=C\C/C=C\C/C=C\C/C=C\CCCCCCC(=O)OCC(COC(=O)CCCCCCCCCCCCCCCCCCC)OC(=O)CCCCCCCCC/C=C\C/C=C\CCCCC. The minimum Gasteiger partial charge on any atom is -0.462 e. The molecule has 0 aliphatic rings. The van der Waals surface area contributed by atoms with E-state index in [4.69, 9.17) is 14.2 Å². The van der Waals surface area contributed by atoms with Crippen molar-refractivity contribution in [3.8, 4) is 0 Å². The Morgan fingerprint density at radius 2 is 0.520 bits per heavy atom. The predicted octanol–water partition coefficient (Wildman–Crippen LogP) is 21.7. The van der Waals surface area contributed by atoms with Gasteiger partial charge in [0.05, 0.1) is 0 Å². The topological polar surface area (TPSA) is 78.9 Å². The molecule has 0 N–H and O–H groups in total. The maximum atomic E-state index is 12.9. The summed E-state index contributed by atoms with van der Waals surface area (Å²) in [6, 6.07) is 0. The van der Waals surface area contributed by atoms with Gasteiger partial charge in [0.1, 0.15) is 13.2 Å². The Morgan fingerprint density at radius 1 is 0.280 bits per heavy atom. The van der Waals surface area contributed by atoms with Gasteiger partial charge in [-0.3, -0.25) is 14.4 Å². The molecule has 0 amide bonds. The number of ether oxygens (including phenoxy) is 3. The normalized spacial score (nSPS) is 12.7. The van der Waals surface area contributed by atoms with E-state index in [9.17, 15) is 14.4 Å². The molecule has 75 heavy (non-hydrogen) atoms. The summed E-state index contributed by atoms with van der Waals surface area (Å²) in [5, 5.41) is 0. The minimum absolute atomic E-state index is 0.0870. The Bertz CT molecular complexity index is 1480.